The Bertz CT molecular complexity index is 1440. The first-order chi connectivity index (χ1) is 18.8. The minimum absolute atomic E-state index is 0.0437. The van der Waals surface area contributed by atoms with E-state index >= 15 is 0 Å². The summed E-state index contributed by atoms with van der Waals surface area (Å²) in [6.45, 7) is 2.05. The van der Waals surface area contributed by atoms with Crippen molar-refractivity contribution in [1.82, 2.24) is 15.1 Å². The maximum atomic E-state index is 15.0. The van der Waals surface area contributed by atoms with Gasteiger partial charge in [-0.2, -0.15) is 5.10 Å². The van der Waals surface area contributed by atoms with E-state index in [0.717, 1.165) is 37.0 Å². The minimum atomic E-state index is -0.792. The van der Waals surface area contributed by atoms with E-state index in [-0.39, 0.29) is 53.6 Å². The highest BCUT2D eigenvalue weighted by Gasteiger charge is 2.52. The highest BCUT2D eigenvalue weighted by atomic mass is 19.1. The van der Waals surface area contributed by atoms with E-state index < -0.39 is 23.5 Å². The van der Waals surface area contributed by atoms with Crippen molar-refractivity contribution in [3.05, 3.63) is 82.4 Å². The van der Waals surface area contributed by atoms with Crippen LogP contribution in [0.15, 0.2) is 42.5 Å². The summed E-state index contributed by atoms with van der Waals surface area (Å²) >= 11 is 0. The molecule has 0 saturated heterocycles. The van der Waals surface area contributed by atoms with Gasteiger partial charge in [-0.1, -0.05) is 12.1 Å². The molecular weight excluding hydrogens is 507 g/mol. The average Bonchev–Trinajstić information content (AvgIpc) is 3.67. The molecule has 1 aromatic heterocycles. The smallest absolute Gasteiger partial charge is 0.311 e. The number of nitrogens with one attached hydrogen (secondary N) is 1. The largest absolute Gasteiger partial charge is 0.466 e. The summed E-state index contributed by atoms with van der Waals surface area (Å²) in [7, 11) is 0. The van der Waals surface area contributed by atoms with Crippen LogP contribution in [-0.2, 0) is 22.4 Å². The van der Waals surface area contributed by atoms with Gasteiger partial charge in [0.05, 0.1) is 18.2 Å². The van der Waals surface area contributed by atoms with Gasteiger partial charge in [0.25, 0.3) is 5.91 Å². The molecule has 2 aromatic carbocycles. The molecule has 204 valence electrons. The van der Waals surface area contributed by atoms with Crippen molar-refractivity contribution in [2.24, 2.45) is 17.8 Å². The van der Waals surface area contributed by atoms with Crippen molar-refractivity contribution in [1.29, 1.82) is 0 Å². The Morgan fingerprint density at radius 3 is 2.62 bits per heavy atom. The fourth-order valence-electron chi connectivity index (χ4n) is 7.05. The summed E-state index contributed by atoms with van der Waals surface area (Å²) in [4.78, 5) is 26.5. The molecule has 3 aliphatic carbocycles. The normalized spacial score (nSPS) is 25.1. The van der Waals surface area contributed by atoms with E-state index in [2.05, 4.69) is 10.4 Å². The lowest BCUT2D eigenvalue weighted by Gasteiger charge is -2.30. The molecule has 6 rings (SSSR count). The molecule has 0 aliphatic heterocycles. The van der Waals surface area contributed by atoms with E-state index in [9.17, 15) is 22.8 Å². The quantitative estimate of drug-likeness (QED) is 0.417. The summed E-state index contributed by atoms with van der Waals surface area (Å²) in [5, 5.41) is 7.65. The molecule has 3 aromatic rings. The number of aromatic nitrogens is 2. The minimum Gasteiger partial charge on any atom is -0.466 e. The number of rotatable bonds is 7. The van der Waals surface area contributed by atoms with Crippen LogP contribution >= 0.6 is 0 Å². The molecule has 9 heteroatoms. The van der Waals surface area contributed by atoms with Crippen molar-refractivity contribution in [2.45, 2.75) is 57.4 Å². The zero-order valence-corrected chi connectivity index (χ0v) is 21.6. The van der Waals surface area contributed by atoms with Gasteiger partial charge in [-0.15, -0.1) is 0 Å². The fourth-order valence-corrected chi connectivity index (χ4v) is 7.05. The van der Waals surface area contributed by atoms with E-state index in [1.807, 2.05) is 6.07 Å². The number of hydrogen-bond donors (Lipinski definition) is 1. The van der Waals surface area contributed by atoms with Crippen molar-refractivity contribution < 1.29 is 27.5 Å². The third-order valence-corrected chi connectivity index (χ3v) is 8.65. The van der Waals surface area contributed by atoms with Crippen molar-refractivity contribution in [3.63, 3.8) is 0 Å². The molecule has 5 atom stereocenters. The van der Waals surface area contributed by atoms with Gasteiger partial charge in [0.2, 0.25) is 0 Å². The summed E-state index contributed by atoms with van der Waals surface area (Å²) in [6, 6.07) is 9.23. The Balaban J connectivity index is 1.36. The molecule has 1 amide bonds. The Hall–Kier alpha value is -3.62. The van der Waals surface area contributed by atoms with Crippen molar-refractivity contribution in [3.8, 4) is 5.69 Å². The summed E-state index contributed by atoms with van der Waals surface area (Å²) < 4.78 is 49.3. The second-order valence-corrected chi connectivity index (χ2v) is 10.9. The van der Waals surface area contributed by atoms with Crippen LogP contribution in [0.4, 0.5) is 13.2 Å². The van der Waals surface area contributed by atoms with Gasteiger partial charge in [0, 0.05) is 23.6 Å². The lowest BCUT2D eigenvalue weighted by Crippen LogP contribution is -2.47. The maximum absolute atomic E-state index is 15.0. The molecule has 3 aliphatic rings. The molecule has 39 heavy (non-hydrogen) atoms. The van der Waals surface area contributed by atoms with Crippen LogP contribution in [0.2, 0.25) is 0 Å². The molecule has 1 N–H and O–H groups in total. The molecule has 2 bridgehead atoms. The predicted molar refractivity (Wildman–Crippen MR) is 137 cm³/mol. The monoisotopic (exact) mass is 537 g/mol. The molecule has 2 fully saturated rings. The molecular formula is C30H30F3N3O3. The number of amides is 1. The van der Waals surface area contributed by atoms with Crippen LogP contribution in [0.1, 0.15) is 65.8 Å². The topological polar surface area (TPSA) is 73.2 Å². The van der Waals surface area contributed by atoms with Crippen LogP contribution in [-0.4, -0.2) is 34.3 Å². The summed E-state index contributed by atoms with van der Waals surface area (Å²) in [5.41, 5.74) is 2.38. The number of hydrogen-bond acceptors (Lipinski definition) is 4. The number of benzene rings is 2. The molecule has 0 spiro atoms. The van der Waals surface area contributed by atoms with Crippen LogP contribution in [0.5, 0.6) is 0 Å². The number of carbonyl (C=O) groups excluding carboxylic acids is 2. The average molecular weight is 538 g/mol. The number of ether oxygens (including phenoxy) is 1. The highest BCUT2D eigenvalue weighted by molar-refractivity contribution is 5.95. The number of nitrogens with zero attached hydrogens (tertiary/aromatic N) is 2. The lowest BCUT2D eigenvalue weighted by molar-refractivity contribution is -0.150. The second kappa shape index (κ2) is 10.2. The zero-order chi connectivity index (χ0) is 27.3. The predicted octanol–water partition coefficient (Wildman–Crippen LogP) is 5.27. The fraction of sp³-hybridized carbons (Fsp3) is 0.433. The summed E-state index contributed by atoms with van der Waals surface area (Å²) in [6.07, 6.45) is 4.45. The molecule has 5 unspecified atom stereocenters. The van der Waals surface area contributed by atoms with Crippen LogP contribution in [0.3, 0.4) is 0 Å². The lowest BCUT2D eigenvalue weighted by atomic mass is 9.84. The number of carbonyl (C=O) groups is 2. The van der Waals surface area contributed by atoms with Crippen LogP contribution < -0.4 is 5.32 Å². The Kier molecular flexibility index (Phi) is 6.69. The van der Waals surface area contributed by atoms with E-state index in [4.69, 9.17) is 4.74 Å². The Labute approximate surface area is 224 Å². The van der Waals surface area contributed by atoms with Gasteiger partial charge < -0.3 is 10.1 Å². The number of esters is 1. The molecule has 6 nitrogen and oxygen atoms in total. The third kappa shape index (κ3) is 4.61. The zero-order valence-electron chi connectivity index (χ0n) is 21.6. The van der Waals surface area contributed by atoms with E-state index in [1.54, 1.807) is 13.0 Å². The van der Waals surface area contributed by atoms with Gasteiger partial charge in [0.15, 0.2) is 11.5 Å². The van der Waals surface area contributed by atoms with Crippen molar-refractivity contribution in [2.75, 3.05) is 6.61 Å². The van der Waals surface area contributed by atoms with E-state index in [1.165, 1.54) is 22.9 Å². The SMILES string of the molecule is CCOC(=O)C1C2CCC(C2)C1NC(=O)c1nn(-c2ccc(F)cc2F)c2c1CCC2Cc1cccc(F)c1. The molecule has 1 heterocycles. The highest BCUT2D eigenvalue weighted by Crippen LogP contribution is 2.49. The van der Waals surface area contributed by atoms with E-state index in [0.29, 0.717) is 30.5 Å². The molecule has 2 saturated carbocycles. The first-order valence-corrected chi connectivity index (χ1v) is 13.6. The Morgan fingerprint density at radius 1 is 1.05 bits per heavy atom. The maximum Gasteiger partial charge on any atom is 0.311 e. The Morgan fingerprint density at radius 2 is 1.85 bits per heavy atom. The molecule has 0 radical (unpaired) electrons. The van der Waals surface area contributed by atoms with Crippen LogP contribution in [0.25, 0.3) is 5.69 Å². The first-order valence-electron chi connectivity index (χ1n) is 13.6. The van der Waals surface area contributed by atoms with Crippen molar-refractivity contribution >= 4 is 11.9 Å². The van der Waals surface area contributed by atoms with Gasteiger partial charge in [-0.3, -0.25) is 9.59 Å². The van der Waals surface area contributed by atoms with Crippen LogP contribution in [0, 0.1) is 35.2 Å². The van der Waals surface area contributed by atoms with Gasteiger partial charge >= 0.3 is 5.97 Å². The number of halogens is 3. The first kappa shape index (κ1) is 25.6. The summed E-state index contributed by atoms with van der Waals surface area (Å²) in [5.74, 6) is -2.70. The van der Waals surface area contributed by atoms with Gasteiger partial charge in [0.1, 0.15) is 17.3 Å². The standard InChI is InChI=1S/C30H30F3N3O3/c1-2-39-30(38)25-17-6-7-18(14-17)26(25)34-29(37)27-22-10-8-19(12-16-4-3-5-20(31)13-16)28(22)36(35-27)24-11-9-21(32)15-23(24)33/h3-5,9,11,13,15,17-19,25-26H,2,6-8,10,12,14H2,1H3,(H,34,37). The van der Waals surface area contributed by atoms with Gasteiger partial charge in [-0.25, -0.2) is 17.9 Å². The third-order valence-electron chi connectivity index (χ3n) is 8.65. The second-order valence-electron chi connectivity index (χ2n) is 10.9. The number of fused-ring (bicyclic) bond motifs is 3. The van der Waals surface area contributed by atoms with Gasteiger partial charge in [-0.05, 0) is 87.1 Å².